The number of carbonyl (C=O) groups excluding carboxylic acids is 2. The van der Waals surface area contributed by atoms with E-state index >= 15 is 0 Å². The van der Waals surface area contributed by atoms with Gasteiger partial charge >= 0.3 is 0 Å². The van der Waals surface area contributed by atoms with E-state index in [1.165, 1.54) is 6.21 Å². The van der Waals surface area contributed by atoms with Crippen molar-refractivity contribution in [1.29, 1.82) is 0 Å². The number of nitrogens with zero attached hydrogens (tertiary/aromatic N) is 1. The summed E-state index contributed by atoms with van der Waals surface area (Å²) in [5.74, 6) is 0.633. The minimum atomic E-state index is -0.339. The summed E-state index contributed by atoms with van der Waals surface area (Å²) in [6.07, 6.45) is 1.61. The highest BCUT2D eigenvalue weighted by atomic mass is 16.5. The summed E-state index contributed by atoms with van der Waals surface area (Å²) in [5, 5.41) is 6.80. The highest BCUT2D eigenvalue weighted by Crippen LogP contribution is 2.26. The topological polar surface area (TPSA) is 89.0 Å². The molecule has 0 aliphatic rings. The largest absolute Gasteiger partial charge is 0.493 e. The summed E-state index contributed by atoms with van der Waals surface area (Å²) in [4.78, 5) is 24.1. The molecule has 7 nitrogen and oxygen atoms in total. The fourth-order valence-electron chi connectivity index (χ4n) is 2.97. The van der Waals surface area contributed by atoms with Gasteiger partial charge in [-0.25, -0.2) is 5.43 Å². The third-order valence-electron chi connectivity index (χ3n) is 4.33. The molecule has 2 aromatic rings. The quantitative estimate of drug-likeness (QED) is 0.527. The van der Waals surface area contributed by atoms with E-state index in [1.54, 1.807) is 32.4 Å². The first-order valence-electron chi connectivity index (χ1n) is 9.25. The fraction of sp³-hybridized carbons (Fsp3) is 0.318. The molecular formula is C22H27N3O4. The van der Waals surface area contributed by atoms with Gasteiger partial charge in [-0.1, -0.05) is 17.7 Å². The Labute approximate surface area is 171 Å². The van der Waals surface area contributed by atoms with Crippen LogP contribution >= 0.6 is 0 Å². The van der Waals surface area contributed by atoms with Crippen LogP contribution in [0.2, 0.25) is 0 Å². The van der Waals surface area contributed by atoms with Crippen molar-refractivity contribution in [2.24, 2.45) is 5.10 Å². The van der Waals surface area contributed by atoms with Gasteiger partial charge in [-0.2, -0.15) is 5.10 Å². The van der Waals surface area contributed by atoms with E-state index in [0.717, 1.165) is 27.9 Å². The number of rotatable bonds is 8. The van der Waals surface area contributed by atoms with Crippen LogP contribution in [0.4, 0.5) is 5.69 Å². The van der Waals surface area contributed by atoms with Crippen LogP contribution in [-0.4, -0.2) is 32.2 Å². The number of benzene rings is 2. The molecule has 0 atom stereocenters. The van der Waals surface area contributed by atoms with Crippen molar-refractivity contribution < 1.29 is 19.1 Å². The first-order valence-corrected chi connectivity index (χ1v) is 9.25. The number of anilines is 1. The molecule has 0 fully saturated rings. The van der Waals surface area contributed by atoms with Gasteiger partial charge in [0.05, 0.1) is 20.4 Å². The van der Waals surface area contributed by atoms with Crippen LogP contribution in [0.5, 0.6) is 11.5 Å². The summed E-state index contributed by atoms with van der Waals surface area (Å²) in [6, 6.07) is 9.31. The van der Waals surface area contributed by atoms with Crippen LogP contribution in [0, 0.1) is 20.8 Å². The molecule has 7 heteroatoms. The monoisotopic (exact) mass is 397 g/mol. The molecule has 0 aliphatic heterocycles. The summed E-state index contributed by atoms with van der Waals surface area (Å²) in [5.41, 5.74) is 7.11. The Bertz CT molecular complexity index is 899. The lowest BCUT2D eigenvalue weighted by Gasteiger charge is -2.12. The van der Waals surface area contributed by atoms with Crippen molar-refractivity contribution in [1.82, 2.24) is 5.43 Å². The van der Waals surface area contributed by atoms with Gasteiger partial charge in [-0.15, -0.1) is 0 Å². The normalized spacial score (nSPS) is 10.7. The van der Waals surface area contributed by atoms with Gasteiger partial charge < -0.3 is 14.8 Å². The van der Waals surface area contributed by atoms with Crippen molar-refractivity contribution in [3.63, 3.8) is 0 Å². The number of hydrogen-bond acceptors (Lipinski definition) is 5. The second kappa shape index (κ2) is 10.3. The number of hydrogen-bond donors (Lipinski definition) is 2. The Kier molecular flexibility index (Phi) is 7.77. The highest BCUT2D eigenvalue weighted by Gasteiger charge is 2.10. The predicted molar refractivity (Wildman–Crippen MR) is 114 cm³/mol. The average Bonchev–Trinajstić information content (AvgIpc) is 2.69. The van der Waals surface area contributed by atoms with Crippen molar-refractivity contribution in [3.8, 4) is 11.5 Å². The molecule has 0 unspecified atom stereocenters. The van der Waals surface area contributed by atoms with Crippen LogP contribution in [0.15, 0.2) is 35.4 Å². The number of aryl methyl sites for hydroxylation is 3. The average molecular weight is 397 g/mol. The minimum Gasteiger partial charge on any atom is -0.493 e. The molecule has 0 spiro atoms. The van der Waals surface area contributed by atoms with E-state index in [0.29, 0.717) is 11.5 Å². The molecule has 2 rings (SSSR count). The Hall–Kier alpha value is -3.35. The van der Waals surface area contributed by atoms with Crippen LogP contribution in [-0.2, 0) is 9.59 Å². The van der Waals surface area contributed by atoms with Crippen molar-refractivity contribution in [2.75, 3.05) is 19.5 Å². The maximum absolute atomic E-state index is 12.2. The number of hydrazone groups is 1. The second-order valence-corrected chi connectivity index (χ2v) is 6.73. The zero-order valence-electron chi connectivity index (χ0n) is 17.5. The zero-order chi connectivity index (χ0) is 21.4. The molecule has 0 saturated heterocycles. The number of amides is 2. The molecule has 2 aromatic carbocycles. The standard InChI is InChI=1S/C22H27N3O4/c1-14-10-15(2)22(16(3)11-14)24-20(26)8-9-21(27)25-23-13-17-6-7-18(28-4)19(12-17)29-5/h6-7,10-13H,8-9H2,1-5H3,(H,24,26)(H,25,27)/b23-13+. The van der Waals surface area contributed by atoms with E-state index in [2.05, 4.69) is 15.8 Å². The number of ether oxygens (including phenoxy) is 2. The molecule has 2 amide bonds. The van der Waals surface area contributed by atoms with E-state index < -0.39 is 0 Å². The molecule has 2 N–H and O–H groups in total. The second-order valence-electron chi connectivity index (χ2n) is 6.73. The maximum Gasteiger partial charge on any atom is 0.240 e. The van der Waals surface area contributed by atoms with Gasteiger partial charge in [-0.05, 0) is 55.7 Å². The number of methoxy groups -OCH3 is 2. The van der Waals surface area contributed by atoms with Gasteiger partial charge in [0.2, 0.25) is 11.8 Å². The van der Waals surface area contributed by atoms with Crippen molar-refractivity contribution in [2.45, 2.75) is 33.6 Å². The third kappa shape index (κ3) is 6.34. The lowest BCUT2D eigenvalue weighted by atomic mass is 10.0. The number of carbonyl (C=O) groups is 2. The molecule has 0 heterocycles. The minimum absolute atomic E-state index is 0.0407. The Balaban J connectivity index is 1.84. The molecule has 29 heavy (non-hydrogen) atoms. The van der Waals surface area contributed by atoms with Gasteiger partial charge in [-0.3, -0.25) is 9.59 Å². The van der Waals surface area contributed by atoms with Crippen molar-refractivity contribution >= 4 is 23.7 Å². The molecule has 0 aromatic heterocycles. The maximum atomic E-state index is 12.2. The summed E-state index contributed by atoms with van der Waals surface area (Å²) < 4.78 is 10.4. The van der Waals surface area contributed by atoms with Crippen molar-refractivity contribution in [3.05, 3.63) is 52.6 Å². The zero-order valence-corrected chi connectivity index (χ0v) is 17.5. The molecule has 0 aliphatic carbocycles. The van der Waals surface area contributed by atoms with E-state index in [4.69, 9.17) is 9.47 Å². The Morgan fingerprint density at radius 1 is 0.931 bits per heavy atom. The van der Waals surface area contributed by atoms with Gasteiger partial charge in [0.25, 0.3) is 0 Å². The van der Waals surface area contributed by atoms with Crippen LogP contribution in [0.25, 0.3) is 0 Å². The van der Waals surface area contributed by atoms with E-state index in [9.17, 15) is 9.59 Å². The molecule has 0 radical (unpaired) electrons. The first-order chi connectivity index (χ1) is 13.8. The Morgan fingerprint density at radius 2 is 1.55 bits per heavy atom. The molecule has 0 bridgehead atoms. The number of nitrogens with one attached hydrogen (secondary N) is 2. The van der Waals surface area contributed by atoms with E-state index in [1.807, 2.05) is 32.9 Å². The van der Waals surface area contributed by atoms with Crippen LogP contribution in [0.3, 0.4) is 0 Å². The predicted octanol–water partition coefficient (Wildman–Crippen LogP) is 3.50. The lowest BCUT2D eigenvalue weighted by Crippen LogP contribution is -2.21. The Morgan fingerprint density at radius 3 is 2.17 bits per heavy atom. The third-order valence-corrected chi connectivity index (χ3v) is 4.33. The lowest BCUT2D eigenvalue weighted by molar-refractivity contribution is -0.124. The van der Waals surface area contributed by atoms with Crippen LogP contribution < -0.4 is 20.2 Å². The highest BCUT2D eigenvalue weighted by molar-refractivity contribution is 5.94. The fourth-order valence-corrected chi connectivity index (χ4v) is 2.97. The van der Waals surface area contributed by atoms with Crippen LogP contribution in [0.1, 0.15) is 35.1 Å². The molecule has 154 valence electrons. The van der Waals surface area contributed by atoms with Gasteiger partial charge in [0.15, 0.2) is 11.5 Å². The summed E-state index contributed by atoms with van der Waals surface area (Å²) >= 11 is 0. The summed E-state index contributed by atoms with van der Waals surface area (Å²) in [6.45, 7) is 5.91. The SMILES string of the molecule is COc1ccc(/C=N/NC(=O)CCC(=O)Nc2c(C)cc(C)cc2C)cc1OC. The first kappa shape index (κ1) is 21.9. The van der Waals surface area contributed by atoms with E-state index in [-0.39, 0.29) is 24.7 Å². The van der Waals surface area contributed by atoms with Gasteiger partial charge in [0, 0.05) is 18.5 Å². The molecule has 0 saturated carbocycles. The smallest absolute Gasteiger partial charge is 0.240 e. The summed E-state index contributed by atoms with van der Waals surface area (Å²) in [7, 11) is 3.11. The van der Waals surface area contributed by atoms with Gasteiger partial charge in [0.1, 0.15) is 0 Å². The molecular weight excluding hydrogens is 370 g/mol.